The Morgan fingerprint density at radius 1 is 1.42 bits per heavy atom. The zero-order chi connectivity index (χ0) is 18.1. The van der Waals surface area contributed by atoms with E-state index in [0.717, 1.165) is 62.7 Å². The molecule has 6 nitrogen and oxygen atoms in total. The lowest BCUT2D eigenvalue weighted by atomic mass is 9.99. The Morgan fingerprint density at radius 2 is 2.12 bits per heavy atom. The van der Waals surface area contributed by atoms with Crippen LogP contribution in [0.1, 0.15) is 56.9 Å². The Kier molecular flexibility index (Phi) is 10.9. The van der Waals surface area contributed by atoms with E-state index in [2.05, 4.69) is 52.2 Å². The molecule has 1 fully saturated rings. The fraction of sp³-hybridized carbons (Fsp3) is 0.684. The summed E-state index contributed by atoms with van der Waals surface area (Å²) < 4.78 is 5.46. The number of rotatable bonds is 8. The maximum Gasteiger partial charge on any atom is 0.191 e. The Hall–Kier alpha value is -1.09. The molecule has 148 valence electrons. The highest BCUT2D eigenvalue weighted by atomic mass is 127. The normalized spacial score (nSPS) is 16.4. The number of piperidine rings is 1. The van der Waals surface area contributed by atoms with Gasteiger partial charge in [0.25, 0.3) is 0 Å². The molecule has 2 N–H and O–H groups in total. The van der Waals surface area contributed by atoms with Crippen LogP contribution in [0.5, 0.6) is 0 Å². The lowest BCUT2D eigenvalue weighted by Crippen LogP contribution is -2.48. The molecular formula is C19H34IN5O. The quantitative estimate of drug-likeness (QED) is 0.261. The molecular weight excluding hydrogens is 441 g/mol. The van der Waals surface area contributed by atoms with Crippen LogP contribution < -0.4 is 10.6 Å². The molecule has 1 saturated heterocycles. The van der Waals surface area contributed by atoms with Crippen molar-refractivity contribution in [2.24, 2.45) is 4.99 Å². The van der Waals surface area contributed by atoms with Crippen LogP contribution in [-0.2, 0) is 6.54 Å². The predicted molar refractivity (Wildman–Crippen MR) is 118 cm³/mol. The molecule has 0 bridgehead atoms. The largest absolute Gasteiger partial charge is 0.359 e. The highest BCUT2D eigenvalue weighted by molar-refractivity contribution is 14.0. The third-order valence-corrected chi connectivity index (χ3v) is 4.95. The second-order valence-corrected chi connectivity index (χ2v) is 6.67. The van der Waals surface area contributed by atoms with Crippen LogP contribution in [0.3, 0.4) is 0 Å². The van der Waals surface area contributed by atoms with Crippen LogP contribution in [0, 0.1) is 0 Å². The molecule has 1 aliphatic heterocycles. The van der Waals surface area contributed by atoms with E-state index in [4.69, 9.17) is 4.52 Å². The van der Waals surface area contributed by atoms with Gasteiger partial charge in [-0.3, -0.25) is 9.89 Å². The smallest absolute Gasteiger partial charge is 0.191 e. The van der Waals surface area contributed by atoms with E-state index in [0.29, 0.717) is 18.5 Å². The number of halogens is 1. The second kappa shape index (κ2) is 12.3. The third-order valence-electron chi connectivity index (χ3n) is 4.95. The number of nitrogens with zero attached hydrogens (tertiary/aromatic N) is 3. The average molecular weight is 475 g/mol. The van der Waals surface area contributed by atoms with Gasteiger partial charge >= 0.3 is 0 Å². The number of hydrogen-bond acceptors (Lipinski definition) is 4. The van der Waals surface area contributed by atoms with Gasteiger partial charge < -0.3 is 15.2 Å². The van der Waals surface area contributed by atoms with Crippen molar-refractivity contribution in [3.63, 3.8) is 0 Å². The van der Waals surface area contributed by atoms with Crippen molar-refractivity contribution < 1.29 is 4.52 Å². The van der Waals surface area contributed by atoms with Crippen LogP contribution >= 0.6 is 24.0 Å². The predicted octanol–water partition coefficient (Wildman–Crippen LogP) is 3.51. The first-order chi connectivity index (χ1) is 12.2. The summed E-state index contributed by atoms with van der Waals surface area (Å²) in [5.74, 6) is 2.16. The van der Waals surface area contributed by atoms with E-state index < -0.39 is 0 Å². The van der Waals surface area contributed by atoms with Crippen LogP contribution in [0.4, 0.5) is 0 Å². The summed E-state index contributed by atoms with van der Waals surface area (Å²) in [6.45, 7) is 12.0. The number of hydrogen-bond donors (Lipinski definition) is 2. The van der Waals surface area contributed by atoms with Gasteiger partial charge in [-0.1, -0.05) is 25.1 Å². The number of likely N-dealkylation sites (tertiary alicyclic amines) is 1. The first kappa shape index (κ1) is 23.0. The minimum atomic E-state index is 0. The van der Waals surface area contributed by atoms with Crippen molar-refractivity contribution in [2.45, 2.75) is 58.0 Å². The van der Waals surface area contributed by atoms with E-state index in [1.807, 2.05) is 6.08 Å². The lowest BCUT2D eigenvalue weighted by Gasteiger charge is -2.32. The fourth-order valence-corrected chi connectivity index (χ4v) is 3.31. The molecule has 1 aromatic heterocycles. The monoisotopic (exact) mass is 475 g/mol. The molecule has 0 radical (unpaired) electrons. The average Bonchev–Trinajstić information content (AvgIpc) is 3.10. The summed E-state index contributed by atoms with van der Waals surface area (Å²) in [5.41, 5.74) is 1.05. The maximum absolute atomic E-state index is 5.46. The van der Waals surface area contributed by atoms with Crippen LogP contribution in [-0.4, -0.2) is 48.7 Å². The number of guanidine groups is 1. The Labute approximate surface area is 174 Å². The zero-order valence-electron chi connectivity index (χ0n) is 16.3. The van der Waals surface area contributed by atoms with Crippen molar-refractivity contribution in [2.75, 3.05) is 26.7 Å². The van der Waals surface area contributed by atoms with Gasteiger partial charge in [0.05, 0.1) is 12.2 Å². The van der Waals surface area contributed by atoms with Crippen molar-refractivity contribution in [1.82, 2.24) is 20.7 Å². The van der Waals surface area contributed by atoms with E-state index in [1.165, 1.54) is 0 Å². The Morgan fingerprint density at radius 3 is 2.69 bits per heavy atom. The van der Waals surface area contributed by atoms with E-state index in [-0.39, 0.29) is 24.0 Å². The van der Waals surface area contributed by atoms with E-state index in [9.17, 15) is 0 Å². The summed E-state index contributed by atoms with van der Waals surface area (Å²) in [4.78, 5) is 6.76. The van der Waals surface area contributed by atoms with Gasteiger partial charge in [0, 0.05) is 44.7 Å². The first-order valence-corrected chi connectivity index (χ1v) is 9.46. The van der Waals surface area contributed by atoms with E-state index >= 15 is 0 Å². The Balaban J connectivity index is 0.00000338. The molecule has 7 heteroatoms. The van der Waals surface area contributed by atoms with Gasteiger partial charge in [-0.2, -0.15) is 0 Å². The first-order valence-electron chi connectivity index (χ1n) is 9.46. The molecule has 26 heavy (non-hydrogen) atoms. The SMILES string of the molecule is C=CCN1CCC(NC(=NC)NCc2cc(C(CC)CC)no2)CC1.I. The van der Waals surface area contributed by atoms with Crippen molar-refractivity contribution in [3.05, 3.63) is 30.2 Å². The van der Waals surface area contributed by atoms with E-state index in [1.54, 1.807) is 7.05 Å². The molecule has 0 aromatic carbocycles. The molecule has 0 aliphatic carbocycles. The van der Waals surface area contributed by atoms with Crippen molar-refractivity contribution >= 4 is 29.9 Å². The fourth-order valence-electron chi connectivity index (χ4n) is 3.31. The minimum Gasteiger partial charge on any atom is -0.359 e. The molecule has 0 spiro atoms. The van der Waals surface area contributed by atoms with Gasteiger partial charge in [-0.15, -0.1) is 30.6 Å². The van der Waals surface area contributed by atoms with Gasteiger partial charge in [0.2, 0.25) is 0 Å². The topological polar surface area (TPSA) is 65.7 Å². The van der Waals surface area contributed by atoms with Crippen molar-refractivity contribution in [3.8, 4) is 0 Å². The zero-order valence-corrected chi connectivity index (χ0v) is 18.7. The van der Waals surface area contributed by atoms with Crippen molar-refractivity contribution in [1.29, 1.82) is 0 Å². The van der Waals surface area contributed by atoms with Gasteiger partial charge in [-0.05, 0) is 25.7 Å². The molecule has 2 rings (SSSR count). The van der Waals surface area contributed by atoms with Gasteiger partial charge in [-0.25, -0.2) is 0 Å². The van der Waals surface area contributed by atoms with Crippen LogP contribution in [0.25, 0.3) is 0 Å². The molecule has 0 unspecified atom stereocenters. The van der Waals surface area contributed by atoms with Gasteiger partial charge in [0.1, 0.15) is 0 Å². The standard InChI is InChI=1S/C19H33N5O.HI/c1-5-10-24-11-8-16(9-12-24)22-19(20-4)21-14-17-13-18(23-25-17)15(6-2)7-3;/h5,13,15-16H,1,6-12,14H2,2-4H3,(H2,20,21,22);1H. The molecule has 1 aromatic rings. The summed E-state index contributed by atoms with van der Waals surface area (Å²) >= 11 is 0. The number of aliphatic imine (C=N–C) groups is 1. The molecule has 0 saturated carbocycles. The molecule has 2 heterocycles. The Bertz CT molecular complexity index is 548. The molecule has 1 aliphatic rings. The second-order valence-electron chi connectivity index (χ2n) is 6.67. The summed E-state index contributed by atoms with van der Waals surface area (Å²) in [7, 11) is 1.80. The molecule has 0 atom stereocenters. The summed E-state index contributed by atoms with van der Waals surface area (Å²) in [6.07, 6.45) is 6.39. The van der Waals surface area contributed by atoms with Crippen LogP contribution in [0.15, 0.2) is 28.2 Å². The highest BCUT2D eigenvalue weighted by Gasteiger charge is 2.19. The summed E-state index contributed by atoms with van der Waals surface area (Å²) in [5, 5.41) is 11.1. The number of nitrogens with one attached hydrogen (secondary N) is 2. The van der Waals surface area contributed by atoms with Crippen LogP contribution in [0.2, 0.25) is 0 Å². The molecule has 0 amide bonds. The third kappa shape index (κ3) is 6.90. The maximum atomic E-state index is 5.46. The van der Waals surface area contributed by atoms with Gasteiger partial charge in [0.15, 0.2) is 11.7 Å². The highest BCUT2D eigenvalue weighted by Crippen LogP contribution is 2.22. The summed E-state index contributed by atoms with van der Waals surface area (Å²) in [6, 6.07) is 2.52. The number of aromatic nitrogens is 1. The lowest BCUT2D eigenvalue weighted by molar-refractivity contribution is 0.225. The minimum absolute atomic E-state index is 0.